The highest BCUT2D eigenvalue weighted by Crippen LogP contribution is 2.35. The topological polar surface area (TPSA) is 77.0 Å². The number of rotatable bonds is 1. The second-order valence-corrected chi connectivity index (χ2v) is 4.26. The predicted octanol–water partition coefficient (Wildman–Crippen LogP) is 2.68. The average Bonchev–Trinajstić information content (AvgIpc) is 2.71. The van der Waals surface area contributed by atoms with Gasteiger partial charge in [-0.1, -0.05) is 13.8 Å². The van der Waals surface area contributed by atoms with E-state index >= 15 is 0 Å². The van der Waals surface area contributed by atoms with Crippen molar-refractivity contribution in [1.82, 2.24) is 14.5 Å². The minimum atomic E-state index is 0.593. The van der Waals surface area contributed by atoms with Crippen LogP contribution in [0.2, 0.25) is 0 Å². The van der Waals surface area contributed by atoms with Crippen LogP contribution >= 0.6 is 0 Å². The van der Waals surface area contributed by atoms with Crippen LogP contribution in [0, 0.1) is 6.92 Å². The van der Waals surface area contributed by atoms with E-state index in [1.54, 1.807) is 6.33 Å². The van der Waals surface area contributed by atoms with Crippen molar-refractivity contribution in [3.63, 3.8) is 0 Å². The number of nitrogen functional groups attached to an aromatic ring is 1. The van der Waals surface area contributed by atoms with Crippen molar-refractivity contribution in [3.8, 4) is 0 Å². The van der Waals surface area contributed by atoms with Gasteiger partial charge in [-0.2, -0.15) is 0 Å². The van der Waals surface area contributed by atoms with Gasteiger partial charge in [0.1, 0.15) is 17.8 Å². The first-order chi connectivity index (χ1) is 9.27. The zero-order chi connectivity index (χ0) is 14.4. The number of aliphatic hydroxyl groups excluding tert-OH is 1. The minimum Gasteiger partial charge on any atom is -0.400 e. The highest BCUT2D eigenvalue weighted by Gasteiger charge is 2.22. The number of fused-ring (bicyclic) bond motifs is 1. The van der Waals surface area contributed by atoms with Gasteiger partial charge in [-0.25, -0.2) is 9.97 Å². The maximum absolute atomic E-state index is 7.00. The number of aliphatic hydroxyl groups is 1. The number of anilines is 1. The Kier molecular flexibility index (Phi) is 5.76. The van der Waals surface area contributed by atoms with Crippen molar-refractivity contribution in [2.24, 2.45) is 0 Å². The van der Waals surface area contributed by atoms with Crippen molar-refractivity contribution in [3.05, 3.63) is 18.1 Å². The summed E-state index contributed by atoms with van der Waals surface area (Å²) in [5.74, 6) is 0.593. The van der Waals surface area contributed by atoms with Gasteiger partial charge in [-0.15, -0.1) is 0 Å². The van der Waals surface area contributed by atoms with E-state index in [9.17, 15) is 0 Å². The molecule has 2 aromatic rings. The predicted molar refractivity (Wildman–Crippen MR) is 79.1 cm³/mol. The van der Waals surface area contributed by atoms with Crippen molar-refractivity contribution in [1.29, 1.82) is 0 Å². The molecule has 19 heavy (non-hydrogen) atoms. The molecule has 0 bridgehead atoms. The SMILES string of the molecule is CC.CO.Cc1cn(C2CCC2)c2ncnc(N)c12. The van der Waals surface area contributed by atoms with Crippen LogP contribution in [0.5, 0.6) is 0 Å². The van der Waals surface area contributed by atoms with Crippen LogP contribution in [0.4, 0.5) is 5.82 Å². The molecule has 1 fully saturated rings. The second-order valence-electron chi connectivity index (χ2n) is 4.26. The van der Waals surface area contributed by atoms with Gasteiger partial charge in [0, 0.05) is 19.3 Å². The molecule has 1 saturated carbocycles. The Morgan fingerprint density at radius 1 is 1.26 bits per heavy atom. The van der Waals surface area contributed by atoms with Crippen LogP contribution in [0.15, 0.2) is 12.5 Å². The fourth-order valence-corrected chi connectivity index (χ4v) is 2.24. The summed E-state index contributed by atoms with van der Waals surface area (Å²) >= 11 is 0. The van der Waals surface area contributed by atoms with Gasteiger partial charge in [0.2, 0.25) is 0 Å². The fourth-order valence-electron chi connectivity index (χ4n) is 2.24. The number of nitrogens with two attached hydrogens (primary N) is 1. The van der Waals surface area contributed by atoms with Gasteiger partial charge in [0.15, 0.2) is 0 Å². The monoisotopic (exact) mass is 264 g/mol. The number of hydrogen-bond donors (Lipinski definition) is 2. The first kappa shape index (κ1) is 15.4. The highest BCUT2D eigenvalue weighted by atomic mass is 16.2. The van der Waals surface area contributed by atoms with Crippen molar-refractivity contribution >= 4 is 16.9 Å². The largest absolute Gasteiger partial charge is 0.400 e. The fraction of sp³-hybridized carbons (Fsp3) is 0.571. The Morgan fingerprint density at radius 3 is 2.42 bits per heavy atom. The Balaban J connectivity index is 0.000000415. The summed E-state index contributed by atoms with van der Waals surface area (Å²) in [4.78, 5) is 8.38. The number of aryl methyl sites for hydroxylation is 1. The molecule has 0 aromatic carbocycles. The summed E-state index contributed by atoms with van der Waals surface area (Å²) in [5.41, 5.74) is 8.03. The van der Waals surface area contributed by atoms with Gasteiger partial charge in [0.25, 0.3) is 0 Å². The van der Waals surface area contributed by atoms with E-state index in [1.807, 2.05) is 13.8 Å². The molecule has 0 saturated heterocycles. The lowest BCUT2D eigenvalue weighted by Gasteiger charge is -2.27. The lowest BCUT2D eigenvalue weighted by Crippen LogP contribution is -2.16. The van der Waals surface area contributed by atoms with Gasteiger partial charge < -0.3 is 15.4 Å². The first-order valence-corrected chi connectivity index (χ1v) is 6.79. The maximum atomic E-state index is 7.00. The molecule has 1 aliphatic carbocycles. The summed E-state index contributed by atoms with van der Waals surface area (Å²) in [6, 6.07) is 0.621. The number of hydrogen-bond acceptors (Lipinski definition) is 4. The Hall–Kier alpha value is -1.62. The quantitative estimate of drug-likeness (QED) is 0.830. The smallest absolute Gasteiger partial charge is 0.145 e. The summed E-state index contributed by atoms with van der Waals surface area (Å²) in [6.45, 7) is 6.07. The molecule has 5 nitrogen and oxygen atoms in total. The van der Waals surface area contributed by atoms with E-state index in [2.05, 4.69) is 27.7 Å². The van der Waals surface area contributed by atoms with Crippen LogP contribution in [-0.4, -0.2) is 26.8 Å². The Morgan fingerprint density at radius 2 is 1.89 bits per heavy atom. The van der Waals surface area contributed by atoms with E-state index in [1.165, 1.54) is 24.8 Å². The molecule has 3 N–H and O–H groups in total. The Labute approximate surface area is 114 Å². The molecule has 0 unspecified atom stereocenters. The molecule has 2 aromatic heterocycles. The summed E-state index contributed by atoms with van der Waals surface area (Å²) in [5, 5.41) is 8.02. The van der Waals surface area contributed by atoms with Crippen LogP contribution in [-0.2, 0) is 0 Å². The second kappa shape index (κ2) is 7.09. The minimum absolute atomic E-state index is 0.593. The molecule has 2 heterocycles. The van der Waals surface area contributed by atoms with Gasteiger partial charge >= 0.3 is 0 Å². The van der Waals surface area contributed by atoms with Crippen molar-refractivity contribution in [2.75, 3.05) is 12.8 Å². The highest BCUT2D eigenvalue weighted by molar-refractivity contribution is 5.89. The normalized spacial score (nSPS) is 13.9. The van der Waals surface area contributed by atoms with E-state index < -0.39 is 0 Å². The van der Waals surface area contributed by atoms with Gasteiger partial charge in [0.05, 0.1) is 5.39 Å². The molecule has 1 aliphatic rings. The molecule has 0 amide bonds. The van der Waals surface area contributed by atoms with E-state index in [4.69, 9.17) is 10.8 Å². The zero-order valence-corrected chi connectivity index (χ0v) is 12.2. The standard InChI is InChI=1S/C11H14N4.C2H6.CH4O/c1-7-5-15(8-3-2-4-8)11-9(7)10(12)13-6-14-11;2*1-2/h5-6,8H,2-4H2,1H3,(H2,12,13,14);1-2H3;2H,1H3. The number of aromatic nitrogens is 3. The van der Waals surface area contributed by atoms with Crippen LogP contribution in [0.3, 0.4) is 0 Å². The lowest BCUT2D eigenvalue weighted by molar-refractivity contribution is 0.320. The van der Waals surface area contributed by atoms with E-state index in [-0.39, 0.29) is 0 Å². The molecule has 3 rings (SSSR count). The molecular formula is C14H24N4O. The van der Waals surface area contributed by atoms with Gasteiger partial charge in [-0.3, -0.25) is 0 Å². The molecule has 0 aliphatic heterocycles. The third-order valence-electron chi connectivity index (χ3n) is 3.30. The van der Waals surface area contributed by atoms with Crippen molar-refractivity contribution < 1.29 is 5.11 Å². The lowest BCUT2D eigenvalue weighted by atomic mass is 9.93. The van der Waals surface area contributed by atoms with Crippen LogP contribution in [0.1, 0.15) is 44.7 Å². The number of nitrogens with zero attached hydrogens (tertiary/aromatic N) is 3. The zero-order valence-electron chi connectivity index (χ0n) is 12.2. The molecule has 5 heteroatoms. The average molecular weight is 264 g/mol. The van der Waals surface area contributed by atoms with Crippen LogP contribution < -0.4 is 5.73 Å². The van der Waals surface area contributed by atoms with Gasteiger partial charge in [-0.05, 0) is 31.7 Å². The molecule has 0 spiro atoms. The Bertz CT molecular complexity index is 517. The maximum Gasteiger partial charge on any atom is 0.145 e. The van der Waals surface area contributed by atoms with E-state index in [0.29, 0.717) is 11.9 Å². The summed E-state index contributed by atoms with van der Waals surface area (Å²) in [6.07, 6.45) is 7.54. The molecular weight excluding hydrogens is 240 g/mol. The molecule has 0 atom stereocenters. The van der Waals surface area contributed by atoms with E-state index in [0.717, 1.165) is 18.1 Å². The molecule has 0 radical (unpaired) electrons. The first-order valence-electron chi connectivity index (χ1n) is 6.79. The molecule has 106 valence electrons. The summed E-state index contributed by atoms with van der Waals surface area (Å²) < 4.78 is 2.26. The summed E-state index contributed by atoms with van der Waals surface area (Å²) in [7, 11) is 1.00. The third kappa shape index (κ3) is 2.87. The van der Waals surface area contributed by atoms with Crippen LogP contribution in [0.25, 0.3) is 11.0 Å². The third-order valence-corrected chi connectivity index (χ3v) is 3.30. The van der Waals surface area contributed by atoms with Crippen molar-refractivity contribution in [2.45, 2.75) is 46.1 Å².